The number of aromatic amines is 1. The highest BCUT2D eigenvalue weighted by Crippen LogP contribution is 2.36. The zero-order chi connectivity index (χ0) is 19.6. The summed E-state index contributed by atoms with van der Waals surface area (Å²) in [6.45, 7) is 0. The molecule has 1 aromatic carbocycles. The molecule has 1 N–H and O–H groups in total. The van der Waals surface area contributed by atoms with E-state index in [1.54, 1.807) is 0 Å². The largest absolute Gasteiger partial charge is 0.450 e. The predicted molar refractivity (Wildman–Crippen MR) is 83.5 cm³/mol. The molecular weight excluding hydrogens is 400 g/mol. The van der Waals surface area contributed by atoms with Crippen LogP contribution in [0.15, 0.2) is 30.5 Å². The van der Waals surface area contributed by atoms with Crippen molar-refractivity contribution in [3.63, 3.8) is 0 Å². The van der Waals surface area contributed by atoms with Crippen molar-refractivity contribution in [2.45, 2.75) is 12.4 Å². The first-order valence-corrected chi connectivity index (χ1v) is 7.60. The molecule has 0 spiro atoms. The number of imidazole rings is 1. The summed E-state index contributed by atoms with van der Waals surface area (Å²) in [6.07, 6.45) is -8.43. The third-order valence-corrected chi connectivity index (χ3v) is 4.09. The van der Waals surface area contributed by atoms with Crippen molar-refractivity contribution < 1.29 is 26.3 Å². The summed E-state index contributed by atoms with van der Waals surface area (Å²) >= 11 is 6.06. The smallest absolute Gasteiger partial charge is 0.276 e. The normalized spacial score (nSPS) is 13.0. The van der Waals surface area contributed by atoms with Crippen LogP contribution in [0.4, 0.5) is 26.3 Å². The lowest BCUT2D eigenvalue weighted by Crippen LogP contribution is -2.14. The minimum atomic E-state index is -4.93. The van der Waals surface area contributed by atoms with Crippen molar-refractivity contribution in [2.24, 2.45) is 0 Å². The number of hydrogen-bond donors (Lipinski definition) is 1. The van der Waals surface area contributed by atoms with Crippen LogP contribution in [-0.4, -0.2) is 24.7 Å². The van der Waals surface area contributed by atoms with Gasteiger partial charge in [-0.25, -0.2) is 9.97 Å². The number of benzene rings is 1. The SMILES string of the molecule is FC(F)(F)c1ccc2nc(C(F)(F)F)n(-c3cc(Cl)c4[nH]ncc4c3)c2n1. The van der Waals surface area contributed by atoms with E-state index in [4.69, 9.17) is 11.6 Å². The van der Waals surface area contributed by atoms with Crippen LogP contribution < -0.4 is 0 Å². The molecule has 0 amide bonds. The van der Waals surface area contributed by atoms with E-state index in [1.807, 2.05) is 0 Å². The fraction of sp³-hybridized carbons (Fsp3) is 0.133. The molecule has 0 aliphatic carbocycles. The first-order chi connectivity index (χ1) is 12.6. The maximum Gasteiger partial charge on any atom is 0.450 e. The number of nitrogens with one attached hydrogen (secondary N) is 1. The van der Waals surface area contributed by atoms with Gasteiger partial charge in [0, 0.05) is 5.39 Å². The lowest BCUT2D eigenvalue weighted by atomic mass is 10.2. The van der Waals surface area contributed by atoms with Gasteiger partial charge in [0.15, 0.2) is 5.65 Å². The Morgan fingerprint density at radius 3 is 2.37 bits per heavy atom. The molecule has 140 valence electrons. The van der Waals surface area contributed by atoms with Crippen molar-refractivity contribution in [3.8, 4) is 5.69 Å². The van der Waals surface area contributed by atoms with Gasteiger partial charge in [-0.3, -0.25) is 9.67 Å². The summed E-state index contributed by atoms with van der Waals surface area (Å²) in [6, 6.07) is 3.88. The molecule has 3 aromatic heterocycles. The summed E-state index contributed by atoms with van der Waals surface area (Å²) in [5.74, 6) is -1.41. The number of hydrogen-bond acceptors (Lipinski definition) is 3. The maximum atomic E-state index is 13.5. The maximum absolute atomic E-state index is 13.5. The van der Waals surface area contributed by atoms with Crippen molar-refractivity contribution in [3.05, 3.63) is 47.0 Å². The standard InChI is InChI=1S/C15H6ClF6N5/c16-8-4-7(3-6-5-23-26-11(6)8)27-12-9(24-13(27)15(20,21)22)1-2-10(25-12)14(17,18)19/h1-5H,(H,23,26). The Kier molecular flexibility index (Phi) is 3.64. The highest BCUT2D eigenvalue weighted by Gasteiger charge is 2.40. The Balaban J connectivity index is 2.09. The van der Waals surface area contributed by atoms with Gasteiger partial charge >= 0.3 is 12.4 Å². The Bertz CT molecular complexity index is 1170. The van der Waals surface area contributed by atoms with E-state index in [0.29, 0.717) is 21.5 Å². The number of nitrogens with zero attached hydrogens (tertiary/aromatic N) is 4. The number of fused-ring (bicyclic) bond motifs is 2. The van der Waals surface area contributed by atoms with Crippen LogP contribution in [0.25, 0.3) is 27.8 Å². The van der Waals surface area contributed by atoms with Crippen molar-refractivity contribution >= 4 is 33.7 Å². The lowest BCUT2D eigenvalue weighted by Gasteiger charge is -2.12. The fourth-order valence-corrected chi connectivity index (χ4v) is 2.94. The number of alkyl halides is 6. The van der Waals surface area contributed by atoms with Crippen LogP contribution >= 0.6 is 11.6 Å². The van der Waals surface area contributed by atoms with Gasteiger partial charge in [0.25, 0.3) is 0 Å². The third-order valence-electron chi connectivity index (χ3n) is 3.79. The van der Waals surface area contributed by atoms with Crippen LogP contribution in [0, 0.1) is 0 Å². The number of rotatable bonds is 1. The molecule has 4 rings (SSSR count). The summed E-state index contributed by atoms with van der Waals surface area (Å²) < 4.78 is 79.9. The average molecular weight is 406 g/mol. The Labute approximate surface area is 150 Å². The molecule has 5 nitrogen and oxygen atoms in total. The average Bonchev–Trinajstić information content (AvgIpc) is 3.17. The molecular formula is C15H6ClF6N5. The first kappa shape index (κ1) is 17.6. The van der Waals surface area contributed by atoms with Gasteiger partial charge in [-0.1, -0.05) is 11.6 Å². The molecule has 0 unspecified atom stereocenters. The van der Waals surface area contributed by atoms with Crippen LogP contribution in [-0.2, 0) is 12.4 Å². The molecule has 4 aromatic rings. The Morgan fingerprint density at radius 1 is 0.963 bits per heavy atom. The van der Waals surface area contributed by atoms with Gasteiger partial charge in [0.05, 0.1) is 22.4 Å². The highest BCUT2D eigenvalue weighted by atomic mass is 35.5. The van der Waals surface area contributed by atoms with Crippen molar-refractivity contribution in [1.82, 2.24) is 24.7 Å². The molecule has 27 heavy (non-hydrogen) atoms. The molecule has 0 saturated heterocycles. The second-order valence-corrected chi connectivity index (χ2v) is 5.97. The molecule has 3 heterocycles. The topological polar surface area (TPSA) is 59.4 Å². The first-order valence-electron chi connectivity index (χ1n) is 7.22. The van der Waals surface area contributed by atoms with Gasteiger partial charge in [-0.05, 0) is 24.3 Å². The van der Waals surface area contributed by atoms with Crippen molar-refractivity contribution in [2.75, 3.05) is 0 Å². The zero-order valence-electron chi connectivity index (χ0n) is 12.8. The molecule has 0 atom stereocenters. The minimum absolute atomic E-state index is 0.0435. The third kappa shape index (κ3) is 2.87. The molecule has 0 radical (unpaired) electrons. The van der Waals surface area contributed by atoms with Gasteiger partial charge in [-0.15, -0.1) is 0 Å². The second-order valence-electron chi connectivity index (χ2n) is 5.57. The van der Waals surface area contributed by atoms with E-state index in [2.05, 4.69) is 20.2 Å². The van der Waals surface area contributed by atoms with Gasteiger partial charge in [0.2, 0.25) is 5.82 Å². The summed E-state index contributed by atoms with van der Waals surface area (Å²) in [5, 5.41) is 6.74. The van der Waals surface area contributed by atoms with Crippen LogP contribution in [0.5, 0.6) is 0 Å². The van der Waals surface area contributed by atoms with E-state index < -0.39 is 29.5 Å². The Morgan fingerprint density at radius 2 is 1.70 bits per heavy atom. The van der Waals surface area contributed by atoms with Gasteiger partial charge in [0.1, 0.15) is 11.2 Å². The van der Waals surface area contributed by atoms with Crippen LogP contribution in [0.2, 0.25) is 5.02 Å². The van der Waals surface area contributed by atoms with E-state index in [0.717, 1.165) is 6.07 Å². The highest BCUT2D eigenvalue weighted by molar-refractivity contribution is 6.35. The quantitative estimate of drug-likeness (QED) is 0.454. The van der Waals surface area contributed by atoms with Crippen molar-refractivity contribution in [1.29, 1.82) is 0 Å². The van der Waals surface area contributed by atoms with Gasteiger partial charge in [-0.2, -0.15) is 31.4 Å². The Hall–Kier alpha value is -2.82. The van der Waals surface area contributed by atoms with E-state index >= 15 is 0 Å². The van der Waals surface area contributed by atoms with E-state index in [-0.39, 0.29) is 16.2 Å². The number of halogens is 7. The number of H-pyrrole nitrogens is 1. The lowest BCUT2D eigenvalue weighted by molar-refractivity contribution is -0.145. The fourth-order valence-electron chi connectivity index (χ4n) is 2.68. The van der Waals surface area contributed by atoms with E-state index in [1.165, 1.54) is 18.3 Å². The van der Waals surface area contributed by atoms with Crippen LogP contribution in [0.3, 0.4) is 0 Å². The minimum Gasteiger partial charge on any atom is -0.276 e. The van der Waals surface area contributed by atoms with Gasteiger partial charge < -0.3 is 0 Å². The molecule has 0 aliphatic heterocycles. The molecule has 0 aliphatic rings. The number of pyridine rings is 1. The monoisotopic (exact) mass is 405 g/mol. The number of aromatic nitrogens is 5. The summed E-state index contributed by atoms with van der Waals surface area (Å²) in [7, 11) is 0. The predicted octanol–water partition coefficient (Wildman–Crippen LogP) is 4.99. The van der Waals surface area contributed by atoms with Crippen LogP contribution in [0.1, 0.15) is 11.5 Å². The molecule has 0 fully saturated rings. The summed E-state index contributed by atoms with van der Waals surface area (Å²) in [5.41, 5.74) is -2.02. The second kappa shape index (κ2) is 5.59. The molecule has 0 saturated carbocycles. The molecule has 12 heteroatoms. The van der Waals surface area contributed by atoms with E-state index in [9.17, 15) is 26.3 Å². The molecule has 0 bridgehead atoms. The zero-order valence-corrected chi connectivity index (χ0v) is 13.6. The summed E-state index contributed by atoms with van der Waals surface area (Å²) in [4.78, 5) is 6.79.